The molecule has 0 aromatic carbocycles. The van der Waals surface area contributed by atoms with E-state index in [1.807, 2.05) is 6.92 Å². The first kappa shape index (κ1) is 7.52. The van der Waals surface area contributed by atoms with E-state index in [0.717, 1.165) is 6.42 Å². The fraction of sp³-hybridized carbons (Fsp3) is 0.857. The number of nitrogens with zero attached hydrogens (tertiary/aromatic N) is 1. The van der Waals surface area contributed by atoms with Crippen LogP contribution < -0.4 is 0 Å². The van der Waals surface area contributed by atoms with Crippen molar-refractivity contribution in [3.63, 3.8) is 0 Å². The van der Waals surface area contributed by atoms with Crippen LogP contribution in [0.25, 0.3) is 0 Å². The Morgan fingerprint density at radius 2 is 2.50 bits per heavy atom. The number of ether oxygens (including phenoxy) is 1. The van der Waals surface area contributed by atoms with Crippen molar-refractivity contribution in [3.05, 3.63) is 0 Å². The molecule has 0 aromatic rings. The van der Waals surface area contributed by atoms with Gasteiger partial charge in [0, 0.05) is 0 Å². The molecule has 1 fully saturated rings. The number of aliphatic hydroxyl groups excluding tert-OH is 1. The maximum Gasteiger partial charge on any atom is 0.0968 e. The summed E-state index contributed by atoms with van der Waals surface area (Å²) in [7, 11) is 0. The molecule has 3 atom stereocenters. The highest BCUT2D eigenvalue weighted by molar-refractivity contribution is 4.94. The molecule has 0 aromatic heterocycles. The monoisotopic (exact) mass is 141 g/mol. The van der Waals surface area contributed by atoms with Gasteiger partial charge in [0.1, 0.15) is 0 Å². The molecule has 56 valence electrons. The van der Waals surface area contributed by atoms with Crippen molar-refractivity contribution in [2.75, 3.05) is 6.61 Å². The van der Waals surface area contributed by atoms with Crippen molar-refractivity contribution in [1.29, 1.82) is 5.26 Å². The molecule has 0 saturated carbocycles. The molecule has 1 aliphatic rings. The maximum atomic E-state index is 8.71. The van der Waals surface area contributed by atoms with Crippen molar-refractivity contribution in [2.45, 2.75) is 25.6 Å². The van der Waals surface area contributed by atoms with Gasteiger partial charge in [0.15, 0.2) is 0 Å². The first-order valence-electron chi connectivity index (χ1n) is 3.44. The summed E-state index contributed by atoms with van der Waals surface area (Å²) >= 11 is 0. The van der Waals surface area contributed by atoms with Crippen molar-refractivity contribution in [1.82, 2.24) is 0 Å². The van der Waals surface area contributed by atoms with Crippen LogP contribution in [0, 0.1) is 17.2 Å². The molecule has 0 bridgehead atoms. The van der Waals surface area contributed by atoms with Gasteiger partial charge < -0.3 is 9.84 Å². The Kier molecular flexibility index (Phi) is 2.25. The molecule has 3 heteroatoms. The zero-order valence-electron chi connectivity index (χ0n) is 5.95. The normalized spacial score (nSPS) is 39.5. The minimum absolute atomic E-state index is 0.0391. The Hall–Kier alpha value is -0.590. The predicted octanol–water partition coefficient (Wildman–Crippen LogP) is 0.296. The van der Waals surface area contributed by atoms with Crippen LogP contribution in [0.4, 0.5) is 0 Å². The van der Waals surface area contributed by atoms with Crippen molar-refractivity contribution >= 4 is 0 Å². The molecule has 1 heterocycles. The van der Waals surface area contributed by atoms with Crippen molar-refractivity contribution in [3.8, 4) is 6.07 Å². The zero-order chi connectivity index (χ0) is 7.56. The summed E-state index contributed by atoms with van der Waals surface area (Å²) in [6.45, 7) is 1.88. The van der Waals surface area contributed by atoms with E-state index in [9.17, 15) is 0 Å². The van der Waals surface area contributed by atoms with Gasteiger partial charge in [-0.15, -0.1) is 0 Å². The van der Waals surface area contributed by atoms with E-state index < -0.39 is 0 Å². The molecule has 0 spiro atoms. The van der Waals surface area contributed by atoms with Gasteiger partial charge in [-0.3, -0.25) is 0 Å². The number of hydrogen-bond donors (Lipinski definition) is 1. The molecule has 10 heavy (non-hydrogen) atoms. The van der Waals surface area contributed by atoms with Crippen LogP contribution in [0.3, 0.4) is 0 Å². The summed E-state index contributed by atoms with van der Waals surface area (Å²) in [5.74, 6) is -0.111. The Labute approximate surface area is 60.2 Å². The second-order valence-electron chi connectivity index (χ2n) is 2.64. The highest BCUT2D eigenvalue weighted by Gasteiger charge is 2.31. The Morgan fingerprint density at radius 1 is 1.80 bits per heavy atom. The summed E-state index contributed by atoms with van der Waals surface area (Å²) in [6.07, 6.45) is 0.628. The van der Waals surface area contributed by atoms with Crippen LogP contribution in [-0.4, -0.2) is 23.9 Å². The van der Waals surface area contributed by atoms with Gasteiger partial charge in [-0.2, -0.15) is 5.26 Å². The lowest BCUT2D eigenvalue weighted by atomic mass is 10.0. The van der Waals surface area contributed by atoms with E-state index in [2.05, 4.69) is 6.07 Å². The second-order valence-corrected chi connectivity index (χ2v) is 2.64. The topological polar surface area (TPSA) is 53.2 Å². The average Bonchev–Trinajstić information content (AvgIpc) is 2.30. The van der Waals surface area contributed by atoms with Gasteiger partial charge in [0.05, 0.1) is 30.8 Å². The fourth-order valence-electron chi connectivity index (χ4n) is 1.26. The van der Waals surface area contributed by atoms with Gasteiger partial charge >= 0.3 is 0 Å². The van der Waals surface area contributed by atoms with Crippen LogP contribution in [0.15, 0.2) is 0 Å². The first-order valence-corrected chi connectivity index (χ1v) is 3.44. The summed E-state index contributed by atoms with van der Waals surface area (Å²) in [6, 6.07) is 2.11. The van der Waals surface area contributed by atoms with Crippen LogP contribution >= 0.6 is 0 Å². The van der Waals surface area contributed by atoms with E-state index in [4.69, 9.17) is 15.1 Å². The van der Waals surface area contributed by atoms with Crippen molar-refractivity contribution < 1.29 is 9.84 Å². The van der Waals surface area contributed by atoms with Crippen LogP contribution in [0.2, 0.25) is 0 Å². The number of rotatable bonds is 1. The molecule has 1 N–H and O–H groups in total. The number of nitriles is 1. The smallest absolute Gasteiger partial charge is 0.0968 e. The van der Waals surface area contributed by atoms with Gasteiger partial charge in [-0.25, -0.2) is 0 Å². The molecule has 1 rings (SSSR count). The minimum atomic E-state index is -0.250. The zero-order valence-corrected chi connectivity index (χ0v) is 5.95. The van der Waals surface area contributed by atoms with Gasteiger partial charge in [0.25, 0.3) is 0 Å². The molecule has 1 saturated heterocycles. The highest BCUT2D eigenvalue weighted by atomic mass is 16.5. The van der Waals surface area contributed by atoms with Gasteiger partial charge in [-0.1, -0.05) is 0 Å². The van der Waals surface area contributed by atoms with Crippen LogP contribution in [-0.2, 0) is 4.74 Å². The summed E-state index contributed by atoms with van der Waals surface area (Å²) < 4.78 is 5.24. The first-order chi connectivity index (χ1) is 4.77. The lowest BCUT2D eigenvalue weighted by Gasteiger charge is -2.07. The van der Waals surface area contributed by atoms with E-state index in [1.54, 1.807) is 0 Å². The van der Waals surface area contributed by atoms with Crippen LogP contribution in [0.1, 0.15) is 13.3 Å². The molecule has 3 nitrogen and oxygen atoms in total. The standard InChI is InChI=1S/C7H11NO2/c1-5-2-6(3-8)7(4-9)10-5/h5-7,9H,2,4H2,1H3/t5-,6-,7+/m0/s1. The number of hydrogen-bond acceptors (Lipinski definition) is 3. The summed E-state index contributed by atoms with van der Waals surface area (Å²) in [5.41, 5.74) is 0. The third-order valence-corrected chi connectivity index (χ3v) is 1.79. The SMILES string of the molecule is C[C@H]1C[C@@H](C#N)[C@@H](CO)O1. The minimum Gasteiger partial charge on any atom is -0.394 e. The van der Waals surface area contributed by atoms with E-state index in [-0.39, 0.29) is 24.7 Å². The molecular weight excluding hydrogens is 130 g/mol. The third-order valence-electron chi connectivity index (χ3n) is 1.79. The predicted molar refractivity (Wildman–Crippen MR) is 35.1 cm³/mol. The number of aliphatic hydroxyl groups is 1. The van der Waals surface area contributed by atoms with E-state index >= 15 is 0 Å². The summed E-state index contributed by atoms with van der Waals surface area (Å²) in [4.78, 5) is 0. The van der Waals surface area contributed by atoms with Gasteiger partial charge in [-0.05, 0) is 13.3 Å². The van der Waals surface area contributed by atoms with E-state index in [0.29, 0.717) is 0 Å². The Bertz CT molecular complexity index is 152. The average molecular weight is 141 g/mol. The Morgan fingerprint density at radius 3 is 2.90 bits per heavy atom. The molecule has 0 aliphatic carbocycles. The summed E-state index contributed by atoms with van der Waals surface area (Å²) in [5, 5.41) is 17.3. The molecule has 1 aliphatic heterocycles. The lowest BCUT2D eigenvalue weighted by Crippen LogP contribution is -2.19. The van der Waals surface area contributed by atoms with Gasteiger partial charge in [0.2, 0.25) is 0 Å². The molecule has 0 amide bonds. The van der Waals surface area contributed by atoms with Crippen molar-refractivity contribution in [2.24, 2.45) is 5.92 Å². The van der Waals surface area contributed by atoms with E-state index in [1.165, 1.54) is 0 Å². The Balaban J connectivity index is 2.51. The quantitative estimate of drug-likeness (QED) is 0.571. The maximum absolute atomic E-state index is 8.71. The molecule has 0 radical (unpaired) electrons. The second kappa shape index (κ2) is 3.00. The molecular formula is C7H11NO2. The highest BCUT2D eigenvalue weighted by Crippen LogP contribution is 2.24. The third kappa shape index (κ3) is 1.28. The van der Waals surface area contributed by atoms with Crippen LogP contribution in [0.5, 0.6) is 0 Å². The molecule has 0 unspecified atom stereocenters. The lowest BCUT2D eigenvalue weighted by molar-refractivity contribution is 0.0126. The fourth-order valence-corrected chi connectivity index (χ4v) is 1.26. The largest absolute Gasteiger partial charge is 0.394 e.